The van der Waals surface area contributed by atoms with E-state index in [0.717, 1.165) is 24.1 Å². The van der Waals surface area contributed by atoms with Gasteiger partial charge in [-0.3, -0.25) is 9.89 Å². The van der Waals surface area contributed by atoms with Crippen LogP contribution < -0.4 is 11.1 Å². The molecule has 0 bridgehead atoms. The second-order valence-electron chi connectivity index (χ2n) is 5.32. The SMILES string of the molecule is CCC(CC)CC(=O)Nc1ccc(-c2n[nH]c(CN)n2)cc1. The van der Waals surface area contributed by atoms with E-state index < -0.39 is 0 Å². The molecule has 0 aliphatic carbocycles. The van der Waals surface area contributed by atoms with Gasteiger partial charge in [0.05, 0.1) is 6.54 Å². The van der Waals surface area contributed by atoms with Crippen LogP contribution in [0.1, 0.15) is 38.9 Å². The maximum atomic E-state index is 12.0. The molecule has 1 aromatic heterocycles. The fourth-order valence-corrected chi connectivity index (χ4v) is 2.27. The van der Waals surface area contributed by atoms with Crippen molar-refractivity contribution in [2.45, 2.75) is 39.7 Å². The summed E-state index contributed by atoms with van der Waals surface area (Å²) in [6.07, 6.45) is 2.61. The standard InChI is InChI=1S/C16H23N5O/c1-3-11(4-2)9-15(22)18-13-7-5-12(6-8-13)16-19-14(10-17)20-21-16/h5-8,11H,3-4,9-10,17H2,1-2H3,(H,18,22)(H,19,20,21). The van der Waals surface area contributed by atoms with E-state index in [2.05, 4.69) is 34.3 Å². The number of nitrogens with one attached hydrogen (secondary N) is 2. The highest BCUT2D eigenvalue weighted by Gasteiger charge is 2.11. The largest absolute Gasteiger partial charge is 0.326 e. The first kappa shape index (κ1) is 16.2. The molecule has 0 spiro atoms. The quantitative estimate of drug-likeness (QED) is 0.732. The molecule has 1 amide bonds. The highest BCUT2D eigenvalue weighted by molar-refractivity contribution is 5.91. The van der Waals surface area contributed by atoms with Crippen LogP contribution in [-0.2, 0) is 11.3 Å². The van der Waals surface area contributed by atoms with Gasteiger partial charge in [0.15, 0.2) is 5.82 Å². The molecule has 0 aliphatic heterocycles. The van der Waals surface area contributed by atoms with Gasteiger partial charge in [-0.2, -0.15) is 5.10 Å². The topological polar surface area (TPSA) is 96.7 Å². The number of nitrogens with two attached hydrogens (primary N) is 1. The molecule has 6 nitrogen and oxygen atoms in total. The monoisotopic (exact) mass is 301 g/mol. The van der Waals surface area contributed by atoms with Gasteiger partial charge in [-0.15, -0.1) is 0 Å². The molecule has 0 radical (unpaired) electrons. The Morgan fingerprint density at radius 2 is 1.95 bits per heavy atom. The third-order valence-corrected chi connectivity index (χ3v) is 3.78. The number of benzene rings is 1. The third kappa shape index (κ3) is 4.14. The molecule has 0 unspecified atom stereocenters. The summed E-state index contributed by atoms with van der Waals surface area (Å²) < 4.78 is 0. The van der Waals surface area contributed by atoms with E-state index in [0.29, 0.717) is 30.5 Å². The Kier molecular flexibility index (Phi) is 5.66. The molecule has 118 valence electrons. The number of nitrogens with zero attached hydrogens (tertiary/aromatic N) is 2. The van der Waals surface area contributed by atoms with Crippen molar-refractivity contribution >= 4 is 11.6 Å². The molecular weight excluding hydrogens is 278 g/mol. The van der Waals surface area contributed by atoms with Crippen LogP contribution in [0.2, 0.25) is 0 Å². The van der Waals surface area contributed by atoms with Crippen LogP contribution in [0.5, 0.6) is 0 Å². The lowest BCUT2D eigenvalue weighted by Gasteiger charge is -2.12. The van der Waals surface area contributed by atoms with E-state index in [1.54, 1.807) is 0 Å². The second-order valence-corrected chi connectivity index (χ2v) is 5.32. The van der Waals surface area contributed by atoms with Gasteiger partial charge < -0.3 is 11.1 Å². The van der Waals surface area contributed by atoms with Gasteiger partial charge in [-0.25, -0.2) is 4.98 Å². The number of carbonyl (C=O) groups is 1. The Labute approximate surface area is 130 Å². The number of aromatic amines is 1. The van der Waals surface area contributed by atoms with E-state index in [-0.39, 0.29) is 5.91 Å². The summed E-state index contributed by atoms with van der Waals surface area (Å²) in [6.45, 7) is 4.56. The average Bonchev–Trinajstić information content (AvgIpc) is 3.02. The Morgan fingerprint density at radius 1 is 1.27 bits per heavy atom. The minimum absolute atomic E-state index is 0.0600. The predicted octanol–water partition coefficient (Wildman–Crippen LogP) is 2.70. The molecule has 4 N–H and O–H groups in total. The van der Waals surface area contributed by atoms with Gasteiger partial charge in [0.1, 0.15) is 5.82 Å². The maximum Gasteiger partial charge on any atom is 0.224 e. The van der Waals surface area contributed by atoms with Crippen LogP contribution in [0.3, 0.4) is 0 Å². The lowest BCUT2D eigenvalue weighted by Crippen LogP contribution is -2.15. The van der Waals surface area contributed by atoms with Crippen LogP contribution in [0.25, 0.3) is 11.4 Å². The van der Waals surface area contributed by atoms with Gasteiger partial charge in [0, 0.05) is 17.7 Å². The normalized spacial score (nSPS) is 10.9. The molecule has 22 heavy (non-hydrogen) atoms. The summed E-state index contributed by atoms with van der Waals surface area (Å²) in [4.78, 5) is 16.3. The summed E-state index contributed by atoms with van der Waals surface area (Å²) in [5.41, 5.74) is 7.17. The molecule has 1 aromatic carbocycles. The van der Waals surface area contributed by atoms with E-state index >= 15 is 0 Å². The van der Waals surface area contributed by atoms with E-state index in [1.807, 2.05) is 24.3 Å². The number of rotatable bonds is 7. The Balaban J connectivity index is 1.98. The van der Waals surface area contributed by atoms with Crippen molar-refractivity contribution in [3.63, 3.8) is 0 Å². The fraction of sp³-hybridized carbons (Fsp3) is 0.438. The summed E-state index contributed by atoms with van der Waals surface area (Å²) >= 11 is 0. The summed E-state index contributed by atoms with van der Waals surface area (Å²) in [6, 6.07) is 7.49. The minimum Gasteiger partial charge on any atom is -0.326 e. The maximum absolute atomic E-state index is 12.0. The number of amides is 1. The number of hydrogen-bond donors (Lipinski definition) is 3. The minimum atomic E-state index is 0.0600. The Morgan fingerprint density at radius 3 is 2.50 bits per heavy atom. The zero-order valence-electron chi connectivity index (χ0n) is 13.1. The summed E-state index contributed by atoms with van der Waals surface area (Å²) in [5, 5.41) is 9.81. The molecule has 0 aliphatic rings. The van der Waals surface area contributed by atoms with Crippen molar-refractivity contribution in [3.8, 4) is 11.4 Å². The van der Waals surface area contributed by atoms with Gasteiger partial charge in [-0.1, -0.05) is 26.7 Å². The molecular formula is C16H23N5O. The predicted molar refractivity (Wildman–Crippen MR) is 87.0 cm³/mol. The third-order valence-electron chi connectivity index (χ3n) is 3.78. The van der Waals surface area contributed by atoms with Gasteiger partial charge in [0.2, 0.25) is 5.91 Å². The number of aromatic nitrogens is 3. The van der Waals surface area contributed by atoms with Crippen molar-refractivity contribution in [1.82, 2.24) is 15.2 Å². The molecule has 0 saturated carbocycles. The number of carbonyl (C=O) groups excluding carboxylic acids is 1. The van der Waals surface area contributed by atoms with Crippen LogP contribution >= 0.6 is 0 Å². The molecule has 2 rings (SSSR count). The van der Waals surface area contributed by atoms with E-state index in [4.69, 9.17) is 5.73 Å². The lowest BCUT2D eigenvalue weighted by atomic mass is 9.99. The van der Waals surface area contributed by atoms with Crippen molar-refractivity contribution in [1.29, 1.82) is 0 Å². The molecule has 1 heterocycles. The van der Waals surface area contributed by atoms with Gasteiger partial charge in [-0.05, 0) is 30.2 Å². The van der Waals surface area contributed by atoms with Gasteiger partial charge in [0.25, 0.3) is 0 Å². The van der Waals surface area contributed by atoms with Crippen LogP contribution in [0.4, 0.5) is 5.69 Å². The Bertz CT molecular complexity index is 601. The molecule has 0 fully saturated rings. The van der Waals surface area contributed by atoms with Gasteiger partial charge >= 0.3 is 0 Å². The smallest absolute Gasteiger partial charge is 0.224 e. The van der Waals surface area contributed by atoms with Crippen molar-refractivity contribution in [2.24, 2.45) is 11.7 Å². The number of H-pyrrole nitrogens is 1. The second kappa shape index (κ2) is 7.70. The first-order valence-electron chi connectivity index (χ1n) is 7.67. The molecule has 0 atom stereocenters. The summed E-state index contributed by atoms with van der Waals surface area (Å²) in [7, 11) is 0. The first-order valence-corrected chi connectivity index (χ1v) is 7.67. The lowest BCUT2D eigenvalue weighted by molar-refractivity contribution is -0.117. The van der Waals surface area contributed by atoms with Crippen LogP contribution in [0.15, 0.2) is 24.3 Å². The molecule has 0 saturated heterocycles. The zero-order chi connectivity index (χ0) is 15.9. The highest BCUT2D eigenvalue weighted by Crippen LogP contribution is 2.19. The molecule has 6 heteroatoms. The van der Waals surface area contributed by atoms with E-state index in [1.165, 1.54) is 0 Å². The first-order chi connectivity index (χ1) is 10.7. The molecule has 2 aromatic rings. The van der Waals surface area contributed by atoms with Crippen molar-refractivity contribution < 1.29 is 4.79 Å². The van der Waals surface area contributed by atoms with E-state index in [9.17, 15) is 4.79 Å². The summed E-state index contributed by atoms with van der Waals surface area (Å²) in [5.74, 6) is 1.76. The number of hydrogen-bond acceptors (Lipinski definition) is 4. The van der Waals surface area contributed by atoms with Crippen LogP contribution in [0, 0.1) is 5.92 Å². The highest BCUT2D eigenvalue weighted by atomic mass is 16.1. The van der Waals surface area contributed by atoms with Crippen molar-refractivity contribution in [2.75, 3.05) is 5.32 Å². The fourth-order valence-electron chi connectivity index (χ4n) is 2.27. The van der Waals surface area contributed by atoms with Crippen LogP contribution in [-0.4, -0.2) is 21.1 Å². The average molecular weight is 301 g/mol. The Hall–Kier alpha value is -2.21. The van der Waals surface area contributed by atoms with Crippen molar-refractivity contribution in [3.05, 3.63) is 30.1 Å². The zero-order valence-corrected chi connectivity index (χ0v) is 13.1. The number of anilines is 1.